The summed E-state index contributed by atoms with van der Waals surface area (Å²) >= 11 is -0.182. The zero-order chi connectivity index (χ0) is 4.83. The fourth-order valence-electron chi connectivity index (χ4n) is 0.136. The predicted octanol–water partition coefficient (Wildman–Crippen LogP) is -2.57. The van der Waals surface area contributed by atoms with E-state index in [2.05, 4.69) is 3.79 Å². The molecule has 0 saturated heterocycles. The average molecular weight is 128 g/mol. The molecule has 0 aliphatic carbocycles. The van der Waals surface area contributed by atoms with Crippen molar-refractivity contribution < 1.29 is 40.0 Å². The molecular formula is C3H10AlNaO2. The molecule has 0 aromatic heterocycles. The van der Waals surface area contributed by atoms with Crippen molar-refractivity contribution in [3.05, 3.63) is 0 Å². The molecule has 0 heterocycles. The second-order valence-corrected chi connectivity index (χ2v) is 1.78. The molecule has 4 heteroatoms. The molecule has 2 nitrogen and oxygen atoms in total. The van der Waals surface area contributed by atoms with E-state index >= 15 is 0 Å². The number of hydrogen-bond donors (Lipinski definition) is 0. The quantitative estimate of drug-likeness (QED) is 0.307. The molecule has 0 aromatic rings. The van der Waals surface area contributed by atoms with Crippen molar-refractivity contribution >= 4 is 15.9 Å². The molecule has 0 aliphatic heterocycles. The molecule has 0 atom stereocenters. The Hall–Kier alpha value is 1.45. The summed E-state index contributed by atoms with van der Waals surface area (Å²) in [5.74, 6) is 0. The van der Waals surface area contributed by atoms with E-state index in [4.69, 9.17) is 3.79 Å². The smallest absolute Gasteiger partial charge is 1.00 e. The van der Waals surface area contributed by atoms with Gasteiger partial charge in [0.2, 0.25) is 0 Å². The van der Waals surface area contributed by atoms with Crippen LogP contribution >= 0.6 is 0 Å². The Morgan fingerprint density at radius 3 is 2.43 bits per heavy atom. The van der Waals surface area contributed by atoms with E-state index in [1.165, 1.54) is 0 Å². The van der Waals surface area contributed by atoms with Crippen LogP contribution in [0.4, 0.5) is 0 Å². The van der Waals surface area contributed by atoms with E-state index in [-0.39, 0.29) is 48.3 Å². The zero-order valence-corrected chi connectivity index (χ0v) is 8.26. The Kier molecular flexibility index (Phi) is 16.8. The Morgan fingerprint density at radius 1 is 1.71 bits per heavy atom. The first-order chi connectivity index (χ1) is 2.91. The minimum Gasteiger partial charge on any atom is -1.00 e. The maximum atomic E-state index is 4.84. The molecule has 0 N–H and O–H groups in total. The van der Waals surface area contributed by atoms with E-state index < -0.39 is 0 Å². The molecule has 7 heavy (non-hydrogen) atoms. The first-order valence-corrected chi connectivity index (χ1v) is 2.82. The van der Waals surface area contributed by atoms with E-state index in [1.807, 2.05) is 6.92 Å². The second-order valence-electron chi connectivity index (χ2n) is 0.787. The molecule has 0 aliphatic rings. The van der Waals surface area contributed by atoms with Gasteiger partial charge in [0.1, 0.15) is 0 Å². The largest absolute Gasteiger partial charge is 1.00 e. The van der Waals surface area contributed by atoms with Crippen LogP contribution in [0.2, 0.25) is 0 Å². The molecular weight excluding hydrogens is 118 g/mol. The number of hydrogen-bond acceptors (Lipinski definition) is 2. The maximum absolute atomic E-state index is 4.84. The van der Waals surface area contributed by atoms with Gasteiger partial charge in [0.15, 0.2) is 0 Å². The van der Waals surface area contributed by atoms with Gasteiger partial charge in [0, 0.05) is 0 Å². The summed E-state index contributed by atoms with van der Waals surface area (Å²) in [6.45, 7) is 2.72. The van der Waals surface area contributed by atoms with Crippen molar-refractivity contribution in [2.45, 2.75) is 6.92 Å². The molecule has 0 amide bonds. The summed E-state index contributed by atoms with van der Waals surface area (Å²) in [4.78, 5) is 0. The first kappa shape index (κ1) is 11.3. The molecule has 38 valence electrons. The van der Waals surface area contributed by atoms with E-state index in [0.717, 1.165) is 6.61 Å². The van der Waals surface area contributed by atoms with Gasteiger partial charge in [-0.15, -0.1) is 0 Å². The molecule has 0 fully saturated rings. The van der Waals surface area contributed by atoms with Crippen LogP contribution in [0.3, 0.4) is 0 Å². The van der Waals surface area contributed by atoms with Gasteiger partial charge < -0.3 is 2.85 Å². The van der Waals surface area contributed by atoms with Gasteiger partial charge in [0.05, 0.1) is 0 Å². The van der Waals surface area contributed by atoms with Gasteiger partial charge in [-0.1, -0.05) is 0 Å². The fourth-order valence-corrected chi connectivity index (χ4v) is 0.408. The standard InChI is InChI=1S/C2H5O.CH3O.Al.Na.2H/c1-2-3;1-2;;;;/h2H2,1H3;1H3;;;;/q2*-1;+3;+1;2*-1. The minimum atomic E-state index is -0.182. The van der Waals surface area contributed by atoms with Gasteiger partial charge in [-0.25, -0.2) is 0 Å². The molecule has 0 saturated carbocycles. The summed E-state index contributed by atoms with van der Waals surface area (Å²) < 4.78 is 9.49. The summed E-state index contributed by atoms with van der Waals surface area (Å²) in [5.41, 5.74) is 0. The Balaban J connectivity index is -0.0000000417. The Labute approximate surface area is 76.2 Å². The molecule has 0 aromatic carbocycles. The van der Waals surface area contributed by atoms with Crippen LogP contribution in [0, 0.1) is 0 Å². The third-order valence-electron chi connectivity index (χ3n) is 0.331. The van der Waals surface area contributed by atoms with Crippen molar-refractivity contribution in [2.24, 2.45) is 0 Å². The van der Waals surface area contributed by atoms with E-state index in [9.17, 15) is 0 Å². The van der Waals surface area contributed by atoms with Crippen molar-refractivity contribution in [3.8, 4) is 0 Å². The third-order valence-corrected chi connectivity index (χ3v) is 0.993. The van der Waals surface area contributed by atoms with Crippen LogP contribution in [0.1, 0.15) is 9.78 Å². The van der Waals surface area contributed by atoms with Gasteiger partial charge >= 0.3 is 73.7 Å². The van der Waals surface area contributed by atoms with Crippen molar-refractivity contribution in [1.82, 2.24) is 0 Å². The Morgan fingerprint density at radius 2 is 2.29 bits per heavy atom. The monoisotopic (exact) mass is 128 g/mol. The second kappa shape index (κ2) is 10.4. The molecule has 0 rings (SSSR count). The average Bonchev–Trinajstić information content (AvgIpc) is 1.61. The molecule has 0 radical (unpaired) electrons. The topological polar surface area (TPSA) is 18.5 Å². The van der Waals surface area contributed by atoms with Crippen LogP contribution in [0.25, 0.3) is 0 Å². The molecule has 0 bridgehead atoms. The van der Waals surface area contributed by atoms with Crippen LogP contribution in [-0.2, 0) is 7.58 Å². The van der Waals surface area contributed by atoms with Crippen molar-refractivity contribution in [2.75, 3.05) is 13.7 Å². The van der Waals surface area contributed by atoms with Crippen molar-refractivity contribution in [1.29, 1.82) is 0 Å². The Bertz CT molecular complexity index is 31.8. The zero-order valence-electron chi connectivity index (χ0n) is 7.10. The van der Waals surface area contributed by atoms with Crippen molar-refractivity contribution in [3.63, 3.8) is 0 Å². The van der Waals surface area contributed by atoms with Crippen LogP contribution in [0.15, 0.2) is 0 Å². The van der Waals surface area contributed by atoms with E-state index in [1.54, 1.807) is 7.11 Å². The van der Waals surface area contributed by atoms with Gasteiger partial charge in [-0.05, 0) is 0 Å². The molecule has 0 spiro atoms. The normalized spacial score (nSPS) is 6.57. The minimum absolute atomic E-state index is 0. The first-order valence-electron chi connectivity index (χ1n) is 1.88. The maximum Gasteiger partial charge on any atom is 1.00 e. The summed E-state index contributed by atoms with van der Waals surface area (Å²) in [6.07, 6.45) is 0. The molecule has 0 unspecified atom stereocenters. The summed E-state index contributed by atoms with van der Waals surface area (Å²) in [5, 5.41) is 0. The van der Waals surface area contributed by atoms with Gasteiger partial charge in [0.25, 0.3) is 0 Å². The predicted molar refractivity (Wildman–Crippen MR) is 26.6 cm³/mol. The third kappa shape index (κ3) is 11.2. The SMILES string of the molecule is CC[O][Al+][O]C.[H-].[H-].[Na+]. The van der Waals surface area contributed by atoms with Crippen LogP contribution in [-0.4, -0.2) is 29.6 Å². The summed E-state index contributed by atoms with van der Waals surface area (Å²) in [7, 11) is 1.64. The summed E-state index contributed by atoms with van der Waals surface area (Å²) in [6, 6.07) is 0. The number of rotatable bonds is 3. The van der Waals surface area contributed by atoms with Crippen LogP contribution in [0.5, 0.6) is 0 Å². The fraction of sp³-hybridized carbons (Fsp3) is 1.00. The van der Waals surface area contributed by atoms with Crippen LogP contribution < -0.4 is 29.6 Å². The van der Waals surface area contributed by atoms with Gasteiger partial charge in [-0.2, -0.15) is 0 Å². The van der Waals surface area contributed by atoms with Gasteiger partial charge in [-0.3, -0.25) is 0 Å². The van der Waals surface area contributed by atoms with E-state index in [0.29, 0.717) is 0 Å².